The molecule has 0 bridgehead atoms. The summed E-state index contributed by atoms with van der Waals surface area (Å²) in [5.74, 6) is -0.245. The average molecular weight is 209 g/mol. The van der Waals surface area contributed by atoms with Gasteiger partial charge in [0.2, 0.25) is 0 Å². The fraction of sp³-hybridized carbons (Fsp3) is 0.778. The van der Waals surface area contributed by atoms with E-state index in [9.17, 15) is 4.79 Å². The Hall–Kier alpha value is -0.940. The molecule has 0 aliphatic carbocycles. The highest BCUT2D eigenvalue weighted by atomic mass is 16.5. The Kier molecular flexibility index (Phi) is 66.4. The quantitative estimate of drug-likeness (QED) is 0.636. The summed E-state index contributed by atoms with van der Waals surface area (Å²) in [5, 5.41) is 10.0. The summed E-state index contributed by atoms with van der Waals surface area (Å²) in [5.41, 5.74) is 0. The van der Waals surface area contributed by atoms with E-state index in [0.29, 0.717) is 0 Å². The number of aliphatic hydroxyl groups excluding tert-OH is 1. The van der Waals surface area contributed by atoms with Gasteiger partial charge in [-0.3, -0.25) is 4.79 Å². The van der Waals surface area contributed by atoms with Crippen molar-refractivity contribution in [2.45, 2.75) is 20.3 Å². The van der Waals surface area contributed by atoms with Crippen molar-refractivity contribution in [3.05, 3.63) is 0 Å². The number of hydrogen-bond donors (Lipinski definition) is 2. The van der Waals surface area contributed by atoms with Gasteiger partial charge in [0, 0.05) is 14.0 Å². The van der Waals surface area contributed by atoms with Gasteiger partial charge in [0.05, 0.1) is 7.11 Å². The van der Waals surface area contributed by atoms with Crippen LogP contribution in [0.25, 0.3) is 0 Å². The molecule has 0 aromatic carbocycles. The third kappa shape index (κ3) is 120. The zero-order chi connectivity index (χ0) is 12.4. The summed E-state index contributed by atoms with van der Waals surface area (Å²) in [6.07, 6.45) is 1.23. The van der Waals surface area contributed by atoms with E-state index in [1.807, 2.05) is 13.8 Å². The van der Waals surface area contributed by atoms with E-state index in [1.54, 1.807) is 0 Å². The van der Waals surface area contributed by atoms with E-state index in [4.69, 9.17) is 9.90 Å². The maximum Gasteiger partial charge on any atom is 0.302 e. The molecule has 0 aliphatic rings. The molecular weight excluding hydrogens is 186 g/mol. The van der Waals surface area contributed by atoms with Crippen LogP contribution in [0.3, 0.4) is 0 Å². The van der Waals surface area contributed by atoms with Crippen LogP contribution in [0, 0.1) is 0 Å². The van der Waals surface area contributed by atoms with E-state index in [1.165, 1.54) is 20.5 Å². The molecule has 2 N–H and O–H groups in total. The molecular formula is C9H23NO4. The molecule has 88 valence electrons. The molecule has 0 saturated carbocycles. The highest BCUT2D eigenvalue weighted by molar-refractivity contribution is 5.65. The van der Waals surface area contributed by atoms with Gasteiger partial charge in [-0.05, 0) is 20.0 Å². The van der Waals surface area contributed by atoms with E-state index < -0.39 is 0 Å². The van der Waals surface area contributed by atoms with Crippen molar-refractivity contribution in [3.8, 4) is 0 Å². The molecule has 0 rings (SSSR count). The van der Waals surface area contributed by atoms with Crippen LogP contribution in [0.15, 0.2) is 0 Å². The summed E-state index contributed by atoms with van der Waals surface area (Å²) < 4.78 is 4.11. The minimum absolute atomic E-state index is 0.245. The van der Waals surface area contributed by atoms with Gasteiger partial charge in [-0.2, -0.15) is 0 Å². The lowest BCUT2D eigenvalue weighted by atomic mass is 10.5. The predicted molar refractivity (Wildman–Crippen MR) is 57.2 cm³/mol. The maximum atomic E-state index is 9.59. The van der Waals surface area contributed by atoms with Crippen LogP contribution < -0.4 is 5.32 Å². The van der Waals surface area contributed by atoms with Gasteiger partial charge >= 0.3 is 5.97 Å². The third-order valence-corrected chi connectivity index (χ3v) is 0.787. The number of carbonyl (C=O) groups excluding carboxylic acids is 2. The third-order valence-electron chi connectivity index (χ3n) is 0.787. The second-order valence-corrected chi connectivity index (χ2v) is 1.80. The smallest absolute Gasteiger partial charge is 0.302 e. The first-order valence-electron chi connectivity index (χ1n) is 4.11. The van der Waals surface area contributed by atoms with Crippen molar-refractivity contribution in [1.29, 1.82) is 0 Å². The van der Waals surface area contributed by atoms with Crippen LogP contribution in [-0.4, -0.2) is 45.7 Å². The molecule has 14 heavy (non-hydrogen) atoms. The average Bonchev–Trinajstić information content (AvgIpc) is 2.26. The van der Waals surface area contributed by atoms with Crippen LogP contribution in [0.2, 0.25) is 0 Å². The van der Waals surface area contributed by atoms with Gasteiger partial charge in [0.15, 0.2) is 0 Å². The minimum atomic E-state index is -0.245. The number of methoxy groups -OCH3 is 1. The molecule has 0 amide bonds. The monoisotopic (exact) mass is 209 g/mol. The summed E-state index contributed by atoms with van der Waals surface area (Å²) in [6, 6.07) is 0. The van der Waals surface area contributed by atoms with Gasteiger partial charge in [0.25, 0.3) is 0 Å². The molecule has 5 nitrogen and oxygen atoms in total. The summed E-state index contributed by atoms with van der Waals surface area (Å²) in [7, 11) is 4.31. The molecule has 0 fully saturated rings. The van der Waals surface area contributed by atoms with Crippen molar-refractivity contribution >= 4 is 12.8 Å². The number of ether oxygens (including phenoxy) is 1. The van der Waals surface area contributed by atoms with Crippen molar-refractivity contribution in [3.63, 3.8) is 0 Å². The SMILES string of the molecule is C=O.CCCNC.CO.COC(C)=O. The molecule has 0 heterocycles. The van der Waals surface area contributed by atoms with Gasteiger partial charge in [0.1, 0.15) is 6.79 Å². The summed E-state index contributed by atoms with van der Waals surface area (Å²) >= 11 is 0. The number of nitrogens with one attached hydrogen (secondary N) is 1. The Balaban J connectivity index is -0.0000000528. The van der Waals surface area contributed by atoms with E-state index >= 15 is 0 Å². The van der Waals surface area contributed by atoms with Gasteiger partial charge in [-0.1, -0.05) is 6.92 Å². The highest BCUT2D eigenvalue weighted by Gasteiger charge is 1.75. The maximum absolute atomic E-state index is 9.59. The first-order chi connectivity index (χ1) is 6.68. The predicted octanol–water partition coefficient (Wildman–Crippen LogP) is 0.219. The zero-order valence-electron chi connectivity index (χ0n) is 9.79. The Morgan fingerprint density at radius 2 is 1.71 bits per heavy atom. The number of carbonyl (C=O) groups is 2. The van der Waals surface area contributed by atoms with Crippen molar-refractivity contribution in [2.75, 3.05) is 27.8 Å². The summed E-state index contributed by atoms with van der Waals surface area (Å²) in [6.45, 7) is 6.65. The van der Waals surface area contributed by atoms with Gasteiger partial charge < -0.3 is 20.0 Å². The normalized spacial score (nSPS) is 6.14. The standard InChI is InChI=1S/C4H11N.C3H6O2.CH4O.CH2O/c1-3-4-5-2;1-3(4)5-2;2*1-2/h5H,3-4H2,1-2H3;1-2H3;2H,1H3;1H2. The van der Waals surface area contributed by atoms with E-state index in [-0.39, 0.29) is 5.97 Å². The lowest BCUT2D eigenvalue weighted by molar-refractivity contribution is -0.137. The number of rotatable bonds is 2. The molecule has 0 saturated heterocycles. The fourth-order valence-electron chi connectivity index (χ4n) is 0.250. The number of aliphatic hydroxyl groups is 1. The second-order valence-electron chi connectivity index (χ2n) is 1.80. The molecule has 5 heteroatoms. The van der Waals surface area contributed by atoms with Crippen LogP contribution in [-0.2, 0) is 14.3 Å². The van der Waals surface area contributed by atoms with Crippen molar-refractivity contribution in [1.82, 2.24) is 5.32 Å². The largest absolute Gasteiger partial charge is 0.469 e. The number of esters is 1. The van der Waals surface area contributed by atoms with E-state index in [2.05, 4.69) is 17.0 Å². The molecule has 0 unspecified atom stereocenters. The van der Waals surface area contributed by atoms with Crippen LogP contribution in [0.5, 0.6) is 0 Å². The Morgan fingerprint density at radius 1 is 1.43 bits per heavy atom. The van der Waals surface area contributed by atoms with Gasteiger partial charge in [-0.15, -0.1) is 0 Å². The molecule has 0 aromatic heterocycles. The first-order valence-corrected chi connectivity index (χ1v) is 4.11. The highest BCUT2D eigenvalue weighted by Crippen LogP contribution is 1.62. The summed E-state index contributed by atoms with van der Waals surface area (Å²) in [4.78, 5) is 17.6. The Bertz CT molecular complexity index is 86.9. The van der Waals surface area contributed by atoms with Crippen LogP contribution in [0.4, 0.5) is 0 Å². The molecule has 0 aromatic rings. The lowest BCUT2D eigenvalue weighted by Gasteiger charge is -1.84. The van der Waals surface area contributed by atoms with Crippen LogP contribution in [0.1, 0.15) is 20.3 Å². The Morgan fingerprint density at radius 3 is 1.71 bits per heavy atom. The zero-order valence-corrected chi connectivity index (χ0v) is 9.79. The second kappa shape index (κ2) is 40.2. The van der Waals surface area contributed by atoms with E-state index in [0.717, 1.165) is 13.7 Å². The number of hydrogen-bond acceptors (Lipinski definition) is 5. The Labute approximate surface area is 86.5 Å². The minimum Gasteiger partial charge on any atom is -0.469 e. The lowest BCUT2D eigenvalue weighted by Crippen LogP contribution is -2.04. The first kappa shape index (κ1) is 23.1. The molecule has 0 aliphatic heterocycles. The molecule has 0 radical (unpaired) electrons. The molecule has 0 atom stereocenters. The fourth-order valence-corrected chi connectivity index (χ4v) is 0.250. The van der Waals surface area contributed by atoms with Gasteiger partial charge in [-0.25, -0.2) is 0 Å². The van der Waals surface area contributed by atoms with Crippen LogP contribution >= 0.6 is 0 Å². The topological polar surface area (TPSA) is 75.6 Å². The molecule has 0 spiro atoms. The van der Waals surface area contributed by atoms with Crippen molar-refractivity contribution < 1.29 is 19.4 Å². The van der Waals surface area contributed by atoms with Crippen molar-refractivity contribution in [2.24, 2.45) is 0 Å².